The zero-order valence-corrected chi connectivity index (χ0v) is 11.3. The lowest BCUT2D eigenvalue weighted by Crippen LogP contribution is -2.15. The first-order valence-electron chi connectivity index (χ1n) is 6.08. The molecule has 1 aromatic heterocycles. The number of pyridine rings is 1. The van der Waals surface area contributed by atoms with E-state index in [1.165, 1.54) is 6.20 Å². The number of nitrogens with two attached hydrogens (primary N) is 1. The summed E-state index contributed by atoms with van der Waals surface area (Å²) < 4.78 is 0. The van der Waals surface area contributed by atoms with Crippen LogP contribution in [0.4, 0.5) is 11.5 Å². The van der Waals surface area contributed by atoms with Crippen LogP contribution < -0.4 is 11.1 Å². The van der Waals surface area contributed by atoms with Crippen molar-refractivity contribution in [3.63, 3.8) is 0 Å². The Morgan fingerprint density at radius 3 is 2.63 bits per heavy atom. The third-order valence-electron chi connectivity index (χ3n) is 3.18. The van der Waals surface area contributed by atoms with Crippen LogP contribution in [-0.4, -0.2) is 10.9 Å². The molecule has 0 radical (unpaired) electrons. The Morgan fingerprint density at radius 2 is 1.95 bits per heavy atom. The van der Waals surface area contributed by atoms with Crippen molar-refractivity contribution >= 4 is 17.4 Å². The molecule has 0 atom stereocenters. The number of hydrogen-bond donors (Lipinski definition) is 2. The SMILES string of the molecule is Cc1cc(N)cnc1NC(=O)c1cccc(C)c1C. The molecule has 1 amide bonds. The van der Waals surface area contributed by atoms with E-state index in [4.69, 9.17) is 5.73 Å². The Labute approximate surface area is 112 Å². The maximum atomic E-state index is 12.2. The van der Waals surface area contributed by atoms with Crippen LogP contribution in [0, 0.1) is 20.8 Å². The molecule has 19 heavy (non-hydrogen) atoms. The Hall–Kier alpha value is -2.36. The summed E-state index contributed by atoms with van der Waals surface area (Å²) in [5.74, 6) is 0.390. The predicted octanol–water partition coefficient (Wildman–Crippen LogP) is 2.84. The summed E-state index contributed by atoms with van der Waals surface area (Å²) in [6.07, 6.45) is 1.53. The number of anilines is 2. The van der Waals surface area contributed by atoms with Crippen molar-refractivity contribution in [1.82, 2.24) is 4.98 Å². The first-order chi connectivity index (χ1) is 8.99. The van der Waals surface area contributed by atoms with E-state index in [0.29, 0.717) is 17.1 Å². The molecule has 0 fully saturated rings. The highest BCUT2D eigenvalue weighted by Crippen LogP contribution is 2.17. The van der Waals surface area contributed by atoms with Gasteiger partial charge in [0.05, 0.1) is 11.9 Å². The molecule has 0 unspecified atom stereocenters. The van der Waals surface area contributed by atoms with Crippen LogP contribution in [0.2, 0.25) is 0 Å². The zero-order chi connectivity index (χ0) is 14.0. The van der Waals surface area contributed by atoms with Gasteiger partial charge in [0.25, 0.3) is 5.91 Å². The molecule has 0 aliphatic carbocycles. The number of benzene rings is 1. The van der Waals surface area contributed by atoms with Gasteiger partial charge in [0.2, 0.25) is 0 Å². The molecule has 0 aliphatic heterocycles. The number of nitrogens with one attached hydrogen (secondary N) is 1. The maximum absolute atomic E-state index is 12.2. The minimum absolute atomic E-state index is 0.151. The van der Waals surface area contributed by atoms with Crippen molar-refractivity contribution in [2.24, 2.45) is 0 Å². The largest absolute Gasteiger partial charge is 0.397 e. The molecule has 4 heteroatoms. The molecule has 1 aromatic carbocycles. The molecular formula is C15H17N3O. The van der Waals surface area contributed by atoms with Gasteiger partial charge in [0.1, 0.15) is 5.82 Å². The van der Waals surface area contributed by atoms with Crippen molar-refractivity contribution < 1.29 is 4.79 Å². The molecule has 4 nitrogen and oxygen atoms in total. The number of nitrogens with zero attached hydrogens (tertiary/aromatic N) is 1. The minimum Gasteiger partial charge on any atom is -0.397 e. The molecule has 0 bridgehead atoms. The van der Waals surface area contributed by atoms with E-state index in [-0.39, 0.29) is 5.91 Å². The fourth-order valence-electron chi connectivity index (χ4n) is 1.90. The number of aromatic nitrogens is 1. The van der Waals surface area contributed by atoms with Crippen LogP contribution in [0.25, 0.3) is 0 Å². The van der Waals surface area contributed by atoms with Crippen molar-refractivity contribution in [3.05, 3.63) is 52.7 Å². The van der Waals surface area contributed by atoms with E-state index in [0.717, 1.165) is 16.7 Å². The molecule has 98 valence electrons. The smallest absolute Gasteiger partial charge is 0.257 e. The normalized spacial score (nSPS) is 10.3. The van der Waals surface area contributed by atoms with Gasteiger partial charge in [-0.05, 0) is 49.6 Å². The first kappa shape index (κ1) is 13.1. The lowest BCUT2D eigenvalue weighted by molar-refractivity contribution is 0.102. The molecule has 1 heterocycles. The van der Waals surface area contributed by atoms with Crippen LogP contribution in [0.15, 0.2) is 30.5 Å². The highest BCUT2D eigenvalue weighted by Gasteiger charge is 2.12. The third-order valence-corrected chi connectivity index (χ3v) is 3.18. The Kier molecular flexibility index (Phi) is 3.51. The summed E-state index contributed by atoms with van der Waals surface area (Å²) in [6.45, 7) is 5.79. The lowest BCUT2D eigenvalue weighted by atomic mass is 10.0. The van der Waals surface area contributed by atoms with Crippen LogP contribution in [-0.2, 0) is 0 Å². The third kappa shape index (κ3) is 2.73. The summed E-state index contributed by atoms with van der Waals surface area (Å²) in [6, 6.07) is 7.45. The predicted molar refractivity (Wildman–Crippen MR) is 77.3 cm³/mol. The quantitative estimate of drug-likeness (QED) is 0.867. The van der Waals surface area contributed by atoms with Crippen molar-refractivity contribution in [2.45, 2.75) is 20.8 Å². The molecule has 0 saturated heterocycles. The van der Waals surface area contributed by atoms with Gasteiger partial charge in [-0.15, -0.1) is 0 Å². The topological polar surface area (TPSA) is 68.0 Å². The number of nitrogen functional groups attached to an aromatic ring is 1. The molecule has 2 rings (SSSR count). The van der Waals surface area contributed by atoms with E-state index < -0.39 is 0 Å². The molecular weight excluding hydrogens is 238 g/mol. The van der Waals surface area contributed by atoms with Crippen molar-refractivity contribution in [3.8, 4) is 0 Å². The van der Waals surface area contributed by atoms with Crippen LogP contribution in [0.5, 0.6) is 0 Å². The number of hydrogen-bond acceptors (Lipinski definition) is 3. The standard InChI is InChI=1S/C15H17N3O/c1-9-5-4-6-13(11(9)3)15(19)18-14-10(2)7-12(16)8-17-14/h4-8H,16H2,1-3H3,(H,17,18,19). The van der Waals surface area contributed by atoms with Gasteiger partial charge in [0, 0.05) is 5.56 Å². The first-order valence-corrected chi connectivity index (χ1v) is 6.08. The number of aryl methyl sites for hydroxylation is 2. The molecule has 0 saturated carbocycles. The van der Waals surface area contributed by atoms with Gasteiger partial charge in [-0.3, -0.25) is 4.79 Å². The average molecular weight is 255 g/mol. The van der Waals surface area contributed by atoms with E-state index >= 15 is 0 Å². The monoisotopic (exact) mass is 255 g/mol. The second kappa shape index (κ2) is 5.10. The second-order valence-corrected chi connectivity index (χ2v) is 4.64. The summed E-state index contributed by atoms with van der Waals surface area (Å²) in [5.41, 5.74) is 9.81. The van der Waals surface area contributed by atoms with Gasteiger partial charge in [-0.2, -0.15) is 0 Å². The number of rotatable bonds is 2. The van der Waals surface area contributed by atoms with Crippen LogP contribution >= 0.6 is 0 Å². The summed E-state index contributed by atoms with van der Waals surface area (Å²) >= 11 is 0. The summed E-state index contributed by atoms with van der Waals surface area (Å²) in [4.78, 5) is 16.4. The van der Waals surface area contributed by atoms with E-state index in [9.17, 15) is 4.79 Å². The highest BCUT2D eigenvalue weighted by atomic mass is 16.1. The lowest BCUT2D eigenvalue weighted by Gasteiger charge is -2.10. The van der Waals surface area contributed by atoms with Gasteiger partial charge < -0.3 is 11.1 Å². The summed E-state index contributed by atoms with van der Waals surface area (Å²) in [5, 5.41) is 2.82. The minimum atomic E-state index is -0.151. The van der Waals surface area contributed by atoms with Crippen molar-refractivity contribution in [1.29, 1.82) is 0 Å². The van der Waals surface area contributed by atoms with E-state index in [2.05, 4.69) is 10.3 Å². The summed E-state index contributed by atoms with van der Waals surface area (Å²) in [7, 11) is 0. The Bertz CT molecular complexity index is 635. The fraction of sp³-hybridized carbons (Fsp3) is 0.200. The van der Waals surface area contributed by atoms with E-state index in [1.54, 1.807) is 6.07 Å². The fourth-order valence-corrected chi connectivity index (χ4v) is 1.90. The van der Waals surface area contributed by atoms with Gasteiger partial charge in [-0.1, -0.05) is 12.1 Å². The number of carbonyl (C=O) groups excluding carboxylic acids is 1. The molecule has 0 spiro atoms. The van der Waals surface area contributed by atoms with Gasteiger partial charge in [-0.25, -0.2) is 4.98 Å². The molecule has 3 N–H and O–H groups in total. The zero-order valence-electron chi connectivity index (χ0n) is 11.3. The maximum Gasteiger partial charge on any atom is 0.257 e. The van der Waals surface area contributed by atoms with Crippen LogP contribution in [0.1, 0.15) is 27.0 Å². The van der Waals surface area contributed by atoms with Crippen LogP contribution in [0.3, 0.4) is 0 Å². The highest BCUT2D eigenvalue weighted by molar-refractivity contribution is 6.05. The van der Waals surface area contributed by atoms with E-state index in [1.807, 2.05) is 39.0 Å². The Balaban J connectivity index is 2.28. The molecule has 2 aromatic rings. The van der Waals surface area contributed by atoms with Gasteiger partial charge >= 0.3 is 0 Å². The second-order valence-electron chi connectivity index (χ2n) is 4.64. The number of carbonyl (C=O) groups is 1. The van der Waals surface area contributed by atoms with Gasteiger partial charge in [0.15, 0.2) is 0 Å². The average Bonchev–Trinajstić information content (AvgIpc) is 2.36. The number of amides is 1. The molecule has 0 aliphatic rings. The van der Waals surface area contributed by atoms with Crippen molar-refractivity contribution in [2.75, 3.05) is 11.1 Å². The Morgan fingerprint density at radius 1 is 1.21 bits per heavy atom.